The van der Waals surface area contributed by atoms with Crippen molar-refractivity contribution >= 4 is 0 Å². The molecule has 0 fully saturated rings. The van der Waals surface area contributed by atoms with Gasteiger partial charge in [-0.05, 0) is 23.8 Å². The van der Waals surface area contributed by atoms with E-state index in [1.807, 2.05) is 0 Å². The summed E-state index contributed by atoms with van der Waals surface area (Å²) in [7, 11) is 1.62. The fourth-order valence-electron chi connectivity index (χ4n) is 1.77. The molecule has 1 heterocycles. The van der Waals surface area contributed by atoms with Crippen LogP contribution >= 0.6 is 0 Å². The van der Waals surface area contributed by atoms with Crippen LogP contribution in [-0.2, 0) is 19.6 Å². The highest BCUT2D eigenvalue weighted by Gasteiger charge is 2.32. The van der Waals surface area contributed by atoms with Crippen LogP contribution in [-0.4, -0.2) is 20.1 Å². The molecule has 1 aromatic heterocycles. The normalized spacial score (nSPS) is 13.5. The van der Waals surface area contributed by atoms with Gasteiger partial charge in [0, 0.05) is 19.7 Å². The van der Waals surface area contributed by atoms with E-state index in [0.29, 0.717) is 11.8 Å². The lowest BCUT2D eigenvalue weighted by atomic mass is 10.0. The van der Waals surface area contributed by atoms with E-state index in [1.165, 1.54) is 10.9 Å². The number of rotatable bonds is 3. The number of halogens is 4. The van der Waals surface area contributed by atoms with Crippen molar-refractivity contribution in [2.45, 2.75) is 18.7 Å². The molecular weight excluding hydrogens is 278 g/mol. The lowest BCUT2D eigenvalue weighted by Gasteiger charge is -2.13. The van der Waals surface area contributed by atoms with Crippen LogP contribution in [0.4, 0.5) is 17.6 Å². The number of alkyl halides is 3. The molecule has 0 aliphatic heterocycles. The topological polar surface area (TPSA) is 50.9 Å². The van der Waals surface area contributed by atoms with Crippen LogP contribution in [0.1, 0.15) is 22.9 Å². The van der Waals surface area contributed by atoms with Gasteiger partial charge in [0.15, 0.2) is 0 Å². The molecule has 0 saturated heterocycles. The molecule has 0 bridgehead atoms. The number of hydrogen-bond acceptors (Lipinski definition) is 3. The van der Waals surface area contributed by atoms with Crippen molar-refractivity contribution in [2.24, 2.45) is 7.05 Å². The number of aromatic nitrogens is 3. The summed E-state index contributed by atoms with van der Waals surface area (Å²) in [6.45, 7) is 0. The predicted octanol–water partition coefficient (Wildman–Crippen LogP) is 2.25. The van der Waals surface area contributed by atoms with Gasteiger partial charge in [-0.2, -0.15) is 13.2 Å². The van der Waals surface area contributed by atoms with Crippen LogP contribution in [0, 0.1) is 5.82 Å². The fourth-order valence-corrected chi connectivity index (χ4v) is 1.77. The van der Waals surface area contributed by atoms with E-state index in [4.69, 9.17) is 0 Å². The minimum Gasteiger partial charge on any atom is -0.388 e. The Kier molecular flexibility index (Phi) is 3.76. The van der Waals surface area contributed by atoms with Crippen molar-refractivity contribution in [1.29, 1.82) is 0 Å². The number of aliphatic hydroxyl groups excluding tert-OH is 1. The van der Waals surface area contributed by atoms with Crippen LogP contribution in [0.3, 0.4) is 0 Å². The molecule has 4 nitrogen and oxygen atoms in total. The van der Waals surface area contributed by atoms with E-state index in [-0.39, 0.29) is 12.0 Å². The Bertz CT molecular complexity index is 609. The summed E-state index contributed by atoms with van der Waals surface area (Å²) in [5, 5.41) is 17.2. The van der Waals surface area contributed by atoms with E-state index in [9.17, 15) is 22.7 Å². The Labute approximate surface area is 111 Å². The molecule has 1 aromatic carbocycles. The smallest absolute Gasteiger partial charge is 0.388 e. The molecule has 2 aromatic rings. The fraction of sp³-hybridized carbons (Fsp3) is 0.333. The van der Waals surface area contributed by atoms with Gasteiger partial charge in [0.05, 0.1) is 17.4 Å². The third-order valence-electron chi connectivity index (χ3n) is 2.68. The molecular formula is C12H11F4N3O. The Hall–Kier alpha value is -1.96. The average molecular weight is 289 g/mol. The predicted molar refractivity (Wildman–Crippen MR) is 61.1 cm³/mol. The molecule has 108 valence electrons. The van der Waals surface area contributed by atoms with E-state index in [2.05, 4.69) is 10.3 Å². The number of aryl methyl sites for hydroxylation is 1. The van der Waals surface area contributed by atoms with E-state index in [0.717, 1.165) is 12.1 Å². The third kappa shape index (κ3) is 3.32. The van der Waals surface area contributed by atoms with Gasteiger partial charge < -0.3 is 5.11 Å². The molecule has 0 aliphatic carbocycles. The monoisotopic (exact) mass is 289 g/mol. The van der Waals surface area contributed by atoms with Gasteiger partial charge in [0.1, 0.15) is 5.82 Å². The van der Waals surface area contributed by atoms with Gasteiger partial charge >= 0.3 is 6.18 Å². The standard InChI is InChI=1S/C12H11F4N3O/c1-19-6-10(17-18-19)5-11(20)7-2-8(12(14,15)16)4-9(13)3-7/h2-4,6,11,20H,5H2,1H3. The molecule has 2 rings (SSSR count). The summed E-state index contributed by atoms with van der Waals surface area (Å²) < 4.78 is 52.3. The molecule has 1 N–H and O–H groups in total. The van der Waals surface area contributed by atoms with Crippen molar-refractivity contribution < 1.29 is 22.7 Å². The summed E-state index contributed by atoms with van der Waals surface area (Å²) in [4.78, 5) is 0. The van der Waals surface area contributed by atoms with Crippen molar-refractivity contribution in [3.63, 3.8) is 0 Å². The first kappa shape index (κ1) is 14.4. The van der Waals surface area contributed by atoms with Gasteiger partial charge in [0.2, 0.25) is 0 Å². The second-order valence-electron chi connectivity index (χ2n) is 4.37. The molecule has 1 atom stereocenters. The maximum absolute atomic E-state index is 13.2. The molecule has 8 heteroatoms. The molecule has 0 radical (unpaired) electrons. The first-order chi connectivity index (χ1) is 9.25. The van der Waals surface area contributed by atoms with Gasteiger partial charge in [-0.25, -0.2) is 4.39 Å². The maximum atomic E-state index is 13.2. The molecule has 0 aliphatic rings. The number of hydrogen-bond donors (Lipinski definition) is 1. The summed E-state index contributed by atoms with van der Waals surface area (Å²) in [6.07, 6.45) is -4.48. The van der Waals surface area contributed by atoms with E-state index < -0.39 is 23.7 Å². The van der Waals surface area contributed by atoms with Gasteiger partial charge in [0.25, 0.3) is 0 Å². The SMILES string of the molecule is Cn1cc(CC(O)c2cc(F)cc(C(F)(F)F)c2)nn1. The molecule has 0 saturated carbocycles. The second-order valence-corrected chi connectivity index (χ2v) is 4.37. The Balaban J connectivity index is 2.25. The Morgan fingerprint density at radius 3 is 2.55 bits per heavy atom. The summed E-state index contributed by atoms with van der Waals surface area (Å²) in [5.41, 5.74) is -0.883. The number of aliphatic hydroxyl groups is 1. The Morgan fingerprint density at radius 2 is 2.00 bits per heavy atom. The highest BCUT2D eigenvalue weighted by molar-refractivity contribution is 5.28. The minimum absolute atomic E-state index is 0.0470. The van der Waals surface area contributed by atoms with Gasteiger partial charge in [-0.1, -0.05) is 5.21 Å². The maximum Gasteiger partial charge on any atom is 0.416 e. The molecule has 0 spiro atoms. The first-order valence-corrected chi connectivity index (χ1v) is 5.66. The number of nitrogens with zero attached hydrogens (tertiary/aromatic N) is 3. The minimum atomic E-state index is -4.66. The van der Waals surface area contributed by atoms with Gasteiger partial charge in [-0.15, -0.1) is 5.10 Å². The van der Waals surface area contributed by atoms with Crippen LogP contribution in [0.15, 0.2) is 24.4 Å². The summed E-state index contributed by atoms with van der Waals surface area (Å²) in [5.74, 6) is -1.05. The van der Waals surface area contributed by atoms with Crippen LogP contribution < -0.4 is 0 Å². The third-order valence-corrected chi connectivity index (χ3v) is 2.68. The first-order valence-electron chi connectivity index (χ1n) is 5.66. The van der Waals surface area contributed by atoms with Gasteiger partial charge in [-0.3, -0.25) is 4.68 Å². The largest absolute Gasteiger partial charge is 0.416 e. The summed E-state index contributed by atoms with van der Waals surface area (Å²) >= 11 is 0. The zero-order valence-electron chi connectivity index (χ0n) is 10.4. The highest BCUT2D eigenvalue weighted by Crippen LogP contribution is 2.32. The zero-order chi connectivity index (χ0) is 14.9. The second kappa shape index (κ2) is 5.20. The van der Waals surface area contributed by atoms with E-state index >= 15 is 0 Å². The molecule has 20 heavy (non-hydrogen) atoms. The van der Waals surface area contributed by atoms with E-state index in [1.54, 1.807) is 7.05 Å². The van der Waals surface area contributed by atoms with Crippen LogP contribution in [0.2, 0.25) is 0 Å². The molecule has 1 unspecified atom stereocenters. The van der Waals surface area contributed by atoms with Crippen molar-refractivity contribution in [3.8, 4) is 0 Å². The summed E-state index contributed by atoms with van der Waals surface area (Å²) in [6, 6.07) is 1.99. The highest BCUT2D eigenvalue weighted by atomic mass is 19.4. The van der Waals surface area contributed by atoms with Crippen LogP contribution in [0.5, 0.6) is 0 Å². The van der Waals surface area contributed by atoms with Crippen molar-refractivity contribution in [2.75, 3.05) is 0 Å². The van der Waals surface area contributed by atoms with Crippen LogP contribution in [0.25, 0.3) is 0 Å². The molecule has 0 amide bonds. The number of benzene rings is 1. The van der Waals surface area contributed by atoms with Crippen molar-refractivity contribution in [1.82, 2.24) is 15.0 Å². The Morgan fingerprint density at radius 1 is 1.30 bits per heavy atom. The average Bonchev–Trinajstić information content (AvgIpc) is 2.72. The lowest BCUT2D eigenvalue weighted by Crippen LogP contribution is -2.09. The zero-order valence-corrected chi connectivity index (χ0v) is 10.4. The lowest BCUT2D eigenvalue weighted by molar-refractivity contribution is -0.137. The van der Waals surface area contributed by atoms with Crippen molar-refractivity contribution in [3.05, 3.63) is 47.0 Å². The quantitative estimate of drug-likeness (QED) is 0.882.